The van der Waals surface area contributed by atoms with Crippen LogP contribution in [-0.4, -0.2) is 19.7 Å². The van der Waals surface area contributed by atoms with Crippen LogP contribution in [0.1, 0.15) is 65.4 Å². The van der Waals surface area contributed by atoms with E-state index in [-0.39, 0.29) is 10.7 Å². The van der Waals surface area contributed by atoms with Gasteiger partial charge in [-0.25, -0.2) is 13.1 Å². The molecule has 1 aromatic rings. The van der Waals surface area contributed by atoms with Crippen molar-refractivity contribution in [3.05, 3.63) is 29.8 Å². The second-order valence-corrected chi connectivity index (χ2v) is 8.34. The molecule has 0 saturated carbocycles. The highest BCUT2D eigenvalue weighted by Gasteiger charge is 2.27. The van der Waals surface area contributed by atoms with E-state index in [0.717, 1.165) is 12.8 Å². The van der Waals surface area contributed by atoms with E-state index >= 15 is 0 Å². The average Bonchev–Trinajstić information content (AvgIpc) is 2.41. The van der Waals surface area contributed by atoms with Gasteiger partial charge in [-0.2, -0.15) is 0 Å². The minimum Gasteiger partial charge on any atom is -0.299 e. The van der Waals surface area contributed by atoms with Gasteiger partial charge in [0, 0.05) is 17.9 Å². The molecule has 4 nitrogen and oxygen atoms in total. The Balaban J connectivity index is 3.17. The zero-order valence-electron chi connectivity index (χ0n) is 14.1. The molecule has 0 aliphatic carbocycles. The lowest BCUT2D eigenvalue weighted by Crippen LogP contribution is -2.41. The summed E-state index contributed by atoms with van der Waals surface area (Å²) in [7, 11) is -3.65. The van der Waals surface area contributed by atoms with E-state index in [2.05, 4.69) is 4.72 Å². The molecule has 0 aromatic heterocycles. The second-order valence-electron chi connectivity index (χ2n) is 6.68. The molecule has 0 aliphatic rings. The highest BCUT2D eigenvalue weighted by Crippen LogP contribution is 2.26. The van der Waals surface area contributed by atoms with Crippen molar-refractivity contribution in [2.24, 2.45) is 0 Å². The maximum atomic E-state index is 12.6. The van der Waals surface area contributed by atoms with Crippen molar-refractivity contribution < 1.29 is 13.2 Å². The van der Waals surface area contributed by atoms with Gasteiger partial charge >= 0.3 is 0 Å². The number of ketones is 1. The lowest BCUT2D eigenvalue weighted by Gasteiger charge is -2.22. The van der Waals surface area contributed by atoms with Gasteiger partial charge < -0.3 is 0 Å². The predicted molar refractivity (Wildman–Crippen MR) is 89.5 cm³/mol. The molecule has 1 rings (SSSR count). The van der Waals surface area contributed by atoms with Crippen LogP contribution in [0.15, 0.2) is 29.2 Å². The Labute approximate surface area is 134 Å². The third kappa shape index (κ3) is 5.21. The van der Waals surface area contributed by atoms with Crippen molar-refractivity contribution in [2.45, 2.75) is 70.2 Å². The fourth-order valence-electron chi connectivity index (χ4n) is 2.28. The molecule has 0 radical (unpaired) electrons. The smallest absolute Gasteiger partial charge is 0.241 e. The third-order valence-electron chi connectivity index (χ3n) is 3.38. The summed E-state index contributed by atoms with van der Waals surface area (Å²) in [5.74, 6) is -0.334. The molecule has 0 bridgehead atoms. The molecule has 1 atom stereocenters. The maximum Gasteiger partial charge on any atom is 0.241 e. The summed E-state index contributed by atoms with van der Waals surface area (Å²) in [6.45, 7) is 9.20. The number of hydrogen-bond acceptors (Lipinski definition) is 3. The van der Waals surface area contributed by atoms with E-state index in [9.17, 15) is 13.2 Å². The third-order valence-corrected chi connectivity index (χ3v) is 5.21. The Bertz CT molecular complexity index is 615. The summed E-state index contributed by atoms with van der Waals surface area (Å²) >= 11 is 0. The molecule has 0 aliphatic heterocycles. The summed E-state index contributed by atoms with van der Waals surface area (Å²) < 4.78 is 27.8. The number of carbonyl (C=O) groups excluding carboxylic acids is 1. The number of carbonyl (C=O) groups is 1. The average molecular weight is 325 g/mol. The quantitative estimate of drug-likeness (QED) is 0.832. The standard InChI is InChI=1S/C17H27NO3S/c1-6-7-11-15(19)13(2)14-10-8-9-12-16(14)22(20,21)18-17(3,4)5/h8-10,12-13,18H,6-7,11H2,1-5H3. The lowest BCUT2D eigenvalue weighted by atomic mass is 9.94. The Hall–Kier alpha value is -1.20. The molecule has 22 heavy (non-hydrogen) atoms. The molecule has 5 heteroatoms. The number of unbranched alkanes of at least 4 members (excludes halogenated alkanes) is 1. The number of benzene rings is 1. The van der Waals surface area contributed by atoms with Crippen LogP contribution in [0, 0.1) is 0 Å². The molecule has 1 aromatic carbocycles. The van der Waals surface area contributed by atoms with E-state index in [1.807, 2.05) is 6.92 Å². The monoisotopic (exact) mass is 325 g/mol. The molecule has 124 valence electrons. The molecule has 1 N–H and O–H groups in total. The summed E-state index contributed by atoms with van der Waals surface area (Å²) in [5, 5.41) is 0. The van der Waals surface area contributed by atoms with Crippen molar-refractivity contribution >= 4 is 15.8 Å². The Kier molecular flexibility index (Phi) is 6.32. The highest BCUT2D eigenvalue weighted by atomic mass is 32.2. The summed E-state index contributed by atoms with van der Waals surface area (Å²) in [4.78, 5) is 12.4. The summed E-state index contributed by atoms with van der Waals surface area (Å²) in [6, 6.07) is 6.75. The van der Waals surface area contributed by atoms with Gasteiger partial charge in [-0.05, 0) is 38.8 Å². The highest BCUT2D eigenvalue weighted by molar-refractivity contribution is 7.89. The molecular weight excluding hydrogens is 298 g/mol. The van der Waals surface area contributed by atoms with Crippen LogP contribution in [0.5, 0.6) is 0 Å². The predicted octanol–water partition coefficient (Wildman–Crippen LogP) is 3.63. The molecule has 0 spiro atoms. The van der Waals surface area contributed by atoms with E-state index < -0.39 is 21.5 Å². The number of hydrogen-bond donors (Lipinski definition) is 1. The van der Waals surface area contributed by atoms with E-state index in [4.69, 9.17) is 0 Å². The van der Waals surface area contributed by atoms with E-state index in [1.54, 1.807) is 52.0 Å². The largest absolute Gasteiger partial charge is 0.299 e. The van der Waals surface area contributed by atoms with Crippen LogP contribution in [0.25, 0.3) is 0 Å². The molecule has 0 amide bonds. The Morgan fingerprint density at radius 3 is 2.36 bits per heavy atom. The summed E-state index contributed by atoms with van der Waals surface area (Å²) in [5.41, 5.74) is 0.00172. The molecular formula is C17H27NO3S. The van der Waals surface area contributed by atoms with Gasteiger partial charge in [0.15, 0.2) is 0 Å². The van der Waals surface area contributed by atoms with Crippen molar-refractivity contribution in [1.82, 2.24) is 4.72 Å². The van der Waals surface area contributed by atoms with Gasteiger partial charge in [-0.15, -0.1) is 0 Å². The number of nitrogens with one attached hydrogen (secondary N) is 1. The number of Topliss-reactive ketones (excluding diaryl/α,β-unsaturated/α-hetero) is 1. The minimum absolute atomic E-state index is 0.0836. The zero-order chi connectivity index (χ0) is 17.0. The second kappa shape index (κ2) is 7.38. The number of sulfonamides is 1. The van der Waals surface area contributed by atoms with Gasteiger partial charge in [0.2, 0.25) is 10.0 Å². The Morgan fingerprint density at radius 1 is 1.23 bits per heavy atom. The van der Waals surface area contributed by atoms with Crippen LogP contribution < -0.4 is 4.72 Å². The first-order chi connectivity index (χ1) is 10.1. The van der Waals surface area contributed by atoms with Gasteiger partial charge in [0.05, 0.1) is 4.90 Å². The number of rotatable bonds is 7. The zero-order valence-corrected chi connectivity index (χ0v) is 15.0. The lowest BCUT2D eigenvalue weighted by molar-refractivity contribution is -0.120. The first kappa shape index (κ1) is 18.8. The van der Waals surface area contributed by atoms with Crippen LogP contribution >= 0.6 is 0 Å². The summed E-state index contributed by atoms with van der Waals surface area (Å²) in [6.07, 6.45) is 2.26. The fourth-order valence-corrected chi connectivity index (χ4v) is 4.01. The normalized spacial score (nSPS) is 13.9. The topological polar surface area (TPSA) is 63.2 Å². The maximum absolute atomic E-state index is 12.6. The van der Waals surface area contributed by atoms with Crippen LogP contribution in [0.4, 0.5) is 0 Å². The first-order valence-electron chi connectivity index (χ1n) is 7.74. The molecule has 0 fully saturated rings. The van der Waals surface area contributed by atoms with E-state index in [0.29, 0.717) is 12.0 Å². The van der Waals surface area contributed by atoms with E-state index in [1.165, 1.54) is 0 Å². The fraction of sp³-hybridized carbons (Fsp3) is 0.588. The van der Waals surface area contributed by atoms with Crippen LogP contribution in [0.2, 0.25) is 0 Å². The van der Waals surface area contributed by atoms with Crippen molar-refractivity contribution in [1.29, 1.82) is 0 Å². The minimum atomic E-state index is -3.65. The van der Waals surface area contributed by atoms with Crippen LogP contribution in [-0.2, 0) is 14.8 Å². The van der Waals surface area contributed by atoms with Crippen molar-refractivity contribution in [3.8, 4) is 0 Å². The molecule has 0 heterocycles. The SMILES string of the molecule is CCCCC(=O)C(C)c1ccccc1S(=O)(=O)NC(C)(C)C. The molecule has 1 unspecified atom stereocenters. The van der Waals surface area contributed by atoms with Gasteiger partial charge in [0.25, 0.3) is 0 Å². The van der Waals surface area contributed by atoms with Gasteiger partial charge in [0.1, 0.15) is 5.78 Å². The van der Waals surface area contributed by atoms with Crippen molar-refractivity contribution in [3.63, 3.8) is 0 Å². The molecule has 0 saturated heterocycles. The van der Waals surface area contributed by atoms with Gasteiger partial charge in [-0.3, -0.25) is 4.79 Å². The van der Waals surface area contributed by atoms with Gasteiger partial charge in [-0.1, -0.05) is 38.5 Å². The van der Waals surface area contributed by atoms with Crippen molar-refractivity contribution in [2.75, 3.05) is 0 Å². The Morgan fingerprint density at radius 2 is 1.82 bits per heavy atom. The van der Waals surface area contributed by atoms with Crippen LogP contribution in [0.3, 0.4) is 0 Å². The first-order valence-corrected chi connectivity index (χ1v) is 9.22.